The van der Waals surface area contributed by atoms with Crippen LogP contribution in [-0.2, 0) is 0 Å². The Morgan fingerprint density at radius 1 is 0.404 bits per heavy atom. The summed E-state index contributed by atoms with van der Waals surface area (Å²) < 4.78 is 125. The lowest BCUT2D eigenvalue weighted by Gasteiger charge is -2.26. The molecule has 0 aliphatic rings. The number of furan rings is 1. The average Bonchev–Trinajstić information content (AvgIpc) is 3.73. The zero-order valence-corrected chi connectivity index (χ0v) is 27.4. The monoisotopic (exact) mass is 676 g/mol. The largest absolute Gasteiger partial charge is 0.455 e. The molecule has 1 aromatic heterocycles. The SMILES string of the molecule is [2H]c1c([2H])c(N(c2ccc(-c3ccc(-c4ccccc4)cc3)cc2)c2c([2H])c([2H])c([2H])c3oc4c5c([2H])c([2H])c([2H])c([2H])c5c([2H])c([2H])c4c23)c([2H])c([2H])c1-c1cccc2ccccc12. The van der Waals surface area contributed by atoms with Crippen LogP contribution in [0.4, 0.5) is 17.1 Å². The second-order valence-corrected chi connectivity index (χ2v) is 12.3. The minimum absolute atomic E-state index is 0.0374. The summed E-state index contributed by atoms with van der Waals surface area (Å²) >= 11 is 0. The molecule has 2 nitrogen and oxygen atoms in total. The second-order valence-electron chi connectivity index (χ2n) is 12.3. The van der Waals surface area contributed by atoms with Crippen LogP contribution in [0.5, 0.6) is 0 Å². The summed E-state index contributed by atoms with van der Waals surface area (Å²) in [7, 11) is 0. The molecule has 0 bridgehead atoms. The lowest BCUT2D eigenvalue weighted by molar-refractivity contribution is 0.672. The maximum atomic E-state index is 9.66. The third-order valence-corrected chi connectivity index (χ3v) is 9.30. The Morgan fingerprint density at radius 3 is 1.87 bits per heavy atom. The highest BCUT2D eigenvalue weighted by molar-refractivity contribution is 6.19. The van der Waals surface area contributed by atoms with E-state index in [9.17, 15) is 8.22 Å². The van der Waals surface area contributed by atoms with Crippen LogP contribution >= 0.6 is 0 Å². The molecule has 2 heteroatoms. The number of hydrogen-bond acceptors (Lipinski definition) is 2. The molecule has 10 aromatic rings. The molecule has 0 saturated carbocycles. The smallest absolute Gasteiger partial charge is 0.143 e. The Hall–Kier alpha value is -6.90. The molecule has 1 heterocycles. The molecule has 0 radical (unpaired) electrons. The van der Waals surface area contributed by atoms with Crippen molar-refractivity contribution in [3.63, 3.8) is 0 Å². The highest BCUT2D eigenvalue weighted by Crippen LogP contribution is 2.45. The van der Waals surface area contributed by atoms with Gasteiger partial charge in [0.25, 0.3) is 0 Å². The normalized spacial score (nSPS) is 15.0. The number of hydrogen-bond donors (Lipinski definition) is 0. The minimum atomic E-state index is -0.641. The van der Waals surface area contributed by atoms with E-state index in [2.05, 4.69) is 0 Å². The van der Waals surface area contributed by atoms with Crippen LogP contribution in [0.15, 0.2) is 204 Å². The lowest BCUT2D eigenvalue weighted by Crippen LogP contribution is -2.10. The summed E-state index contributed by atoms with van der Waals surface area (Å²) in [6.07, 6.45) is 0. The van der Waals surface area contributed by atoms with E-state index in [0.717, 1.165) is 27.6 Å². The summed E-state index contributed by atoms with van der Waals surface area (Å²) in [6, 6.07) is 30.5. The minimum Gasteiger partial charge on any atom is -0.455 e. The number of nitrogens with zero attached hydrogens (tertiary/aromatic N) is 1. The summed E-state index contributed by atoms with van der Waals surface area (Å²) in [5, 5.41) is 0.662. The van der Waals surface area contributed by atoms with Gasteiger partial charge in [-0.2, -0.15) is 0 Å². The first kappa shape index (κ1) is 19.5. The van der Waals surface area contributed by atoms with Gasteiger partial charge in [0.1, 0.15) is 11.2 Å². The van der Waals surface area contributed by atoms with E-state index in [0.29, 0.717) is 10.9 Å². The third kappa shape index (κ3) is 5.12. The second kappa shape index (κ2) is 12.5. The van der Waals surface area contributed by atoms with Crippen molar-refractivity contribution in [1.82, 2.24) is 0 Å². The zero-order chi connectivity index (χ0) is 45.7. The molecule has 0 saturated heterocycles. The molecular weight excluding hydrogens is 631 g/mol. The van der Waals surface area contributed by atoms with Crippen molar-refractivity contribution in [3.05, 3.63) is 200 Å². The van der Waals surface area contributed by atoms with Gasteiger partial charge in [0.15, 0.2) is 0 Å². The van der Waals surface area contributed by atoms with Crippen molar-refractivity contribution in [2.24, 2.45) is 0 Å². The molecule has 52 heavy (non-hydrogen) atoms. The third-order valence-electron chi connectivity index (χ3n) is 9.30. The average molecular weight is 677 g/mol. The Balaban J connectivity index is 1.28. The maximum absolute atomic E-state index is 9.66. The quantitative estimate of drug-likeness (QED) is 0.174. The number of rotatable bonds is 6. The van der Waals surface area contributed by atoms with Gasteiger partial charge in [-0.3, -0.25) is 0 Å². The van der Waals surface area contributed by atoms with E-state index in [1.165, 1.54) is 4.90 Å². The lowest BCUT2D eigenvalue weighted by atomic mass is 9.97. The molecule has 244 valence electrons. The van der Waals surface area contributed by atoms with E-state index < -0.39 is 78.6 Å². The van der Waals surface area contributed by atoms with Crippen LogP contribution in [0, 0.1) is 0 Å². The van der Waals surface area contributed by atoms with Gasteiger partial charge in [-0.25, -0.2) is 0 Å². The predicted octanol–water partition coefficient (Wildman–Crippen LogP) is 14.4. The van der Waals surface area contributed by atoms with Crippen molar-refractivity contribution in [3.8, 4) is 33.4 Å². The molecule has 0 amide bonds. The highest BCUT2D eigenvalue weighted by Gasteiger charge is 2.20. The highest BCUT2D eigenvalue weighted by atomic mass is 16.3. The molecule has 10 rings (SSSR count). The topological polar surface area (TPSA) is 16.4 Å². The van der Waals surface area contributed by atoms with E-state index in [1.807, 2.05) is 84.9 Å². The molecule has 0 unspecified atom stereocenters. The summed E-state index contributed by atoms with van der Waals surface area (Å²) in [6.45, 7) is 0. The molecular formula is C50H33NO. The fourth-order valence-electron chi connectivity index (χ4n) is 6.77. The Bertz CT molecular complexity index is 3590. The van der Waals surface area contributed by atoms with Gasteiger partial charge in [-0.15, -0.1) is 0 Å². The van der Waals surface area contributed by atoms with E-state index in [4.69, 9.17) is 14.0 Å². The molecule has 0 aliphatic heterocycles. The van der Waals surface area contributed by atoms with Gasteiger partial charge in [0.05, 0.1) is 28.9 Å². The van der Waals surface area contributed by atoms with Crippen molar-refractivity contribution >= 4 is 60.5 Å². The number of benzene rings is 9. The molecule has 0 N–H and O–H groups in total. The van der Waals surface area contributed by atoms with E-state index in [-0.39, 0.29) is 55.3 Å². The van der Waals surface area contributed by atoms with Crippen LogP contribution in [0.3, 0.4) is 0 Å². The first-order valence-corrected chi connectivity index (χ1v) is 16.7. The van der Waals surface area contributed by atoms with Gasteiger partial charge in [0, 0.05) is 22.1 Å². The standard InChI is InChI=1S/C50H33NO/c1-2-10-34(11-3-1)35-20-22-36(23-21-35)37-24-29-41(30-25-37)51(42-31-26-40(27-32-42)44-17-8-14-38-12-4-6-15-43(38)44)47-18-9-19-48-49(47)46-33-28-39-13-5-7-16-45(39)50(46)52-48/h1-33H/i5D,7D,9D,13D,16D,18D,19D,26D,27D,28D,31D,32D,33D. The fourth-order valence-corrected chi connectivity index (χ4v) is 6.77. The van der Waals surface area contributed by atoms with Crippen molar-refractivity contribution in [2.75, 3.05) is 4.90 Å². The number of fused-ring (bicyclic) bond motifs is 6. The van der Waals surface area contributed by atoms with Gasteiger partial charge in [-0.1, -0.05) is 158 Å². The van der Waals surface area contributed by atoms with Crippen LogP contribution in [0.25, 0.3) is 76.9 Å². The van der Waals surface area contributed by atoms with E-state index in [1.54, 1.807) is 36.4 Å². The molecule has 0 aliphatic carbocycles. The van der Waals surface area contributed by atoms with Gasteiger partial charge < -0.3 is 9.32 Å². The molecule has 0 fully saturated rings. The Kier molecular flexibility index (Phi) is 4.67. The molecule has 9 aromatic carbocycles. The molecule has 0 atom stereocenters. The predicted molar refractivity (Wildman–Crippen MR) is 220 cm³/mol. The Labute approximate surface area is 320 Å². The fraction of sp³-hybridized carbons (Fsp3) is 0. The van der Waals surface area contributed by atoms with Crippen LogP contribution in [0.1, 0.15) is 17.8 Å². The van der Waals surface area contributed by atoms with Crippen molar-refractivity contribution < 1.29 is 22.2 Å². The summed E-state index contributed by atoms with van der Waals surface area (Å²) in [5.74, 6) is 0. The van der Waals surface area contributed by atoms with Crippen LogP contribution in [0.2, 0.25) is 0 Å². The van der Waals surface area contributed by atoms with Crippen molar-refractivity contribution in [2.45, 2.75) is 0 Å². The molecule has 0 spiro atoms. The van der Waals surface area contributed by atoms with Gasteiger partial charge >= 0.3 is 0 Å². The first-order valence-electron chi connectivity index (χ1n) is 23.2. The van der Waals surface area contributed by atoms with Crippen LogP contribution in [-0.4, -0.2) is 0 Å². The van der Waals surface area contributed by atoms with Gasteiger partial charge in [0.2, 0.25) is 0 Å². The van der Waals surface area contributed by atoms with Gasteiger partial charge in [-0.05, 0) is 91.9 Å². The summed E-state index contributed by atoms with van der Waals surface area (Å²) in [5.41, 5.74) is 3.24. The summed E-state index contributed by atoms with van der Waals surface area (Å²) in [4.78, 5) is 1.29. The zero-order valence-electron chi connectivity index (χ0n) is 40.4. The van der Waals surface area contributed by atoms with Crippen molar-refractivity contribution in [1.29, 1.82) is 0 Å². The van der Waals surface area contributed by atoms with E-state index >= 15 is 0 Å². The first-order chi connectivity index (χ1) is 31.2. The maximum Gasteiger partial charge on any atom is 0.143 e. The Morgan fingerprint density at radius 2 is 1.08 bits per heavy atom. The van der Waals surface area contributed by atoms with Crippen LogP contribution < -0.4 is 4.90 Å². The number of anilines is 3.